The number of methoxy groups -OCH3 is 1. The van der Waals surface area contributed by atoms with E-state index in [1.807, 2.05) is 18.2 Å². The van der Waals surface area contributed by atoms with Gasteiger partial charge in [-0.3, -0.25) is 9.59 Å². The number of halogens is 1. The molecule has 1 unspecified atom stereocenters. The highest BCUT2D eigenvalue weighted by atomic mass is 79.9. The summed E-state index contributed by atoms with van der Waals surface area (Å²) in [5.74, 6) is 1.73. The molecule has 1 aliphatic rings. The van der Waals surface area contributed by atoms with E-state index in [0.717, 1.165) is 10.2 Å². The van der Waals surface area contributed by atoms with E-state index in [2.05, 4.69) is 15.9 Å². The number of amides is 1. The zero-order chi connectivity index (χ0) is 14.7. The molecule has 1 atom stereocenters. The summed E-state index contributed by atoms with van der Waals surface area (Å²) in [6.07, 6.45) is 0.499. The predicted octanol–water partition coefficient (Wildman–Crippen LogP) is 3.09. The number of anilines is 1. The van der Waals surface area contributed by atoms with E-state index in [0.29, 0.717) is 24.5 Å². The lowest BCUT2D eigenvalue weighted by Crippen LogP contribution is -2.24. The fourth-order valence-corrected chi connectivity index (χ4v) is 3.30. The minimum absolute atomic E-state index is 0.0983. The van der Waals surface area contributed by atoms with Crippen molar-refractivity contribution in [3.63, 3.8) is 0 Å². The van der Waals surface area contributed by atoms with Crippen LogP contribution in [0, 0.1) is 5.92 Å². The number of rotatable bonds is 4. The predicted molar refractivity (Wildman–Crippen MR) is 84.3 cm³/mol. The van der Waals surface area contributed by atoms with Crippen LogP contribution < -0.4 is 9.64 Å². The van der Waals surface area contributed by atoms with Gasteiger partial charge in [0.1, 0.15) is 5.75 Å². The summed E-state index contributed by atoms with van der Waals surface area (Å²) >= 11 is 4.69. The Bertz CT molecular complexity index is 535. The third-order valence-corrected chi connectivity index (χ3v) is 4.87. The maximum atomic E-state index is 12.1. The largest absolute Gasteiger partial charge is 0.495 e. The molecular formula is C14H16BrNO3S. The Morgan fingerprint density at radius 2 is 2.30 bits per heavy atom. The third kappa shape index (κ3) is 3.55. The number of nitrogens with zero attached hydrogens (tertiary/aromatic N) is 1. The first-order valence-corrected chi connectivity index (χ1v) is 8.06. The fraction of sp³-hybridized carbons (Fsp3) is 0.429. The van der Waals surface area contributed by atoms with Crippen molar-refractivity contribution in [2.45, 2.75) is 13.3 Å². The van der Waals surface area contributed by atoms with Crippen LogP contribution in [0.1, 0.15) is 13.3 Å². The van der Waals surface area contributed by atoms with Crippen molar-refractivity contribution >= 4 is 44.4 Å². The highest BCUT2D eigenvalue weighted by molar-refractivity contribution is 9.10. The number of benzene rings is 1. The molecule has 1 aliphatic heterocycles. The first kappa shape index (κ1) is 15.4. The number of ether oxygens (including phenoxy) is 1. The van der Waals surface area contributed by atoms with Crippen LogP contribution in [0.3, 0.4) is 0 Å². The highest BCUT2D eigenvalue weighted by Gasteiger charge is 2.31. The van der Waals surface area contributed by atoms with Crippen LogP contribution in [0.15, 0.2) is 22.7 Å². The van der Waals surface area contributed by atoms with Gasteiger partial charge in [-0.1, -0.05) is 11.8 Å². The molecule has 0 spiro atoms. The molecule has 1 fully saturated rings. The minimum Gasteiger partial charge on any atom is -0.495 e. The molecule has 1 aromatic carbocycles. The Labute approximate surface area is 131 Å². The molecule has 0 aliphatic carbocycles. The standard InChI is InChI=1S/C14H16BrNO3S/c1-9(17)20-8-10-5-14(18)16(7-10)11-3-4-12(15)13(6-11)19-2/h3-4,6,10H,5,7-8H2,1-2H3. The van der Waals surface area contributed by atoms with Crippen LogP contribution in [0.4, 0.5) is 5.69 Å². The normalized spacial score (nSPS) is 18.4. The second-order valence-electron chi connectivity index (χ2n) is 4.70. The molecule has 2 rings (SSSR count). The van der Waals surface area contributed by atoms with Crippen LogP contribution in [-0.4, -0.2) is 30.4 Å². The Balaban J connectivity index is 2.09. The molecule has 0 saturated carbocycles. The third-order valence-electron chi connectivity index (χ3n) is 3.17. The van der Waals surface area contributed by atoms with Crippen molar-refractivity contribution in [1.29, 1.82) is 0 Å². The molecule has 108 valence electrons. The lowest BCUT2D eigenvalue weighted by Gasteiger charge is -2.18. The van der Waals surface area contributed by atoms with Gasteiger partial charge in [0.15, 0.2) is 5.12 Å². The highest BCUT2D eigenvalue weighted by Crippen LogP contribution is 2.33. The van der Waals surface area contributed by atoms with Gasteiger partial charge in [-0.25, -0.2) is 0 Å². The summed E-state index contributed by atoms with van der Waals surface area (Å²) in [5, 5.41) is 0.0983. The summed E-state index contributed by atoms with van der Waals surface area (Å²) in [7, 11) is 1.60. The van der Waals surface area contributed by atoms with Gasteiger partial charge in [0.25, 0.3) is 0 Å². The second kappa shape index (κ2) is 6.63. The molecule has 0 aromatic heterocycles. The van der Waals surface area contributed by atoms with E-state index in [1.54, 1.807) is 18.9 Å². The topological polar surface area (TPSA) is 46.6 Å². The quantitative estimate of drug-likeness (QED) is 0.830. The Hall–Kier alpha value is -1.01. The van der Waals surface area contributed by atoms with E-state index < -0.39 is 0 Å². The SMILES string of the molecule is COc1cc(N2CC(CSC(C)=O)CC2=O)ccc1Br. The average Bonchev–Trinajstić information content (AvgIpc) is 2.78. The first-order chi connectivity index (χ1) is 9.51. The molecule has 1 amide bonds. The summed E-state index contributed by atoms with van der Waals surface area (Å²) in [6, 6.07) is 5.62. The molecule has 1 saturated heterocycles. The number of hydrogen-bond donors (Lipinski definition) is 0. The maximum Gasteiger partial charge on any atom is 0.227 e. The van der Waals surface area contributed by atoms with Gasteiger partial charge in [0.05, 0.1) is 11.6 Å². The van der Waals surface area contributed by atoms with Gasteiger partial charge in [-0.05, 0) is 34.0 Å². The van der Waals surface area contributed by atoms with Gasteiger partial charge in [-0.2, -0.15) is 0 Å². The number of hydrogen-bond acceptors (Lipinski definition) is 4. The summed E-state index contributed by atoms with van der Waals surface area (Å²) in [6.45, 7) is 2.21. The van der Waals surface area contributed by atoms with E-state index in [9.17, 15) is 9.59 Å². The average molecular weight is 358 g/mol. The van der Waals surface area contributed by atoms with Crippen LogP contribution >= 0.6 is 27.7 Å². The number of thioether (sulfide) groups is 1. The minimum atomic E-state index is 0.0983. The lowest BCUT2D eigenvalue weighted by molar-refractivity contribution is -0.117. The second-order valence-corrected chi connectivity index (χ2v) is 6.75. The molecule has 6 heteroatoms. The van der Waals surface area contributed by atoms with Crippen molar-refractivity contribution in [2.75, 3.05) is 24.3 Å². The molecular weight excluding hydrogens is 342 g/mol. The summed E-state index contributed by atoms with van der Waals surface area (Å²) in [4.78, 5) is 24.9. The monoisotopic (exact) mass is 357 g/mol. The van der Waals surface area contributed by atoms with Crippen LogP contribution in [0.25, 0.3) is 0 Å². The molecule has 1 heterocycles. The van der Waals surface area contributed by atoms with Crippen molar-refractivity contribution in [2.24, 2.45) is 5.92 Å². The van der Waals surface area contributed by atoms with E-state index in [4.69, 9.17) is 4.74 Å². The van der Waals surface area contributed by atoms with Crippen LogP contribution in [-0.2, 0) is 9.59 Å². The zero-order valence-corrected chi connectivity index (χ0v) is 13.8. The van der Waals surface area contributed by atoms with Gasteiger partial charge in [0, 0.05) is 37.4 Å². The van der Waals surface area contributed by atoms with Crippen LogP contribution in [0.5, 0.6) is 5.75 Å². The molecule has 20 heavy (non-hydrogen) atoms. The molecule has 1 aromatic rings. The van der Waals surface area contributed by atoms with Crippen LogP contribution in [0.2, 0.25) is 0 Å². The van der Waals surface area contributed by atoms with Gasteiger partial charge < -0.3 is 9.64 Å². The van der Waals surface area contributed by atoms with Crippen molar-refractivity contribution < 1.29 is 14.3 Å². The van der Waals surface area contributed by atoms with Crippen molar-refractivity contribution in [1.82, 2.24) is 0 Å². The van der Waals surface area contributed by atoms with Gasteiger partial charge in [-0.15, -0.1) is 0 Å². The molecule has 0 N–H and O–H groups in total. The lowest BCUT2D eigenvalue weighted by atomic mass is 10.1. The number of carbonyl (C=O) groups excluding carboxylic acids is 2. The smallest absolute Gasteiger partial charge is 0.227 e. The Morgan fingerprint density at radius 1 is 1.55 bits per heavy atom. The maximum absolute atomic E-state index is 12.1. The Kier molecular flexibility index (Phi) is 5.10. The summed E-state index contributed by atoms with van der Waals surface area (Å²) < 4.78 is 6.11. The van der Waals surface area contributed by atoms with Crippen molar-refractivity contribution in [3.8, 4) is 5.75 Å². The first-order valence-electron chi connectivity index (χ1n) is 6.28. The van der Waals surface area contributed by atoms with Gasteiger partial charge >= 0.3 is 0 Å². The molecule has 0 bridgehead atoms. The van der Waals surface area contributed by atoms with Gasteiger partial charge in [0.2, 0.25) is 5.91 Å². The van der Waals surface area contributed by atoms with E-state index >= 15 is 0 Å². The summed E-state index contributed by atoms with van der Waals surface area (Å²) in [5.41, 5.74) is 0.838. The number of carbonyl (C=O) groups is 2. The van der Waals surface area contributed by atoms with E-state index in [1.165, 1.54) is 11.8 Å². The van der Waals surface area contributed by atoms with E-state index in [-0.39, 0.29) is 16.9 Å². The molecule has 4 nitrogen and oxygen atoms in total. The van der Waals surface area contributed by atoms with Crippen molar-refractivity contribution in [3.05, 3.63) is 22.7 Å². The fourth-order valence-electron chi connectivity index (χ4n) is 2.19. The zero-order valence-electron chi connectivity index (χ0n) is 11.4. The Morgan fingerprint density at radius 3 is 2.95 bits per heavy atom. The molecule has 0 radical (unpaired) electrons.